The van der Waals surface area contributed by atoms with E-state index in [1.54, 1.807) is 0 Å². The largest absolute Gasteiger partial charge is 0.510 e. The van der Waals surface area contributed by atoms with Crippen LogP contribution in [0.15, 0.2) is 212 Å². The Labute approximate surface area is 421 Å². The molecule has 6 heteroatoms. The number of imidazole rings is 1. The van der Waals surface area contributed by atoms with E-state index in [2.05, 4.69) is 229 Å². The fraction of sp³-hybridized carbons (Fsp3) is 0.0625. The van der Waals surface area contributed by atoms with Crippen molar-refractivity contribution in [2.45, 2.75) is 26.2 Å². The summed E-state index contributed by atoms with van der Waals surface area (Å²) >= 11 is 0. The molecule has 13 rings (SSSR count). The van der Waals surface area contributed by atoms with Crippen LogP contribution in [-0.2, 0) is 26.5 Å². The number of pyridine rings is 1. The van der Waals surface area contributed by atoms with Gasteiger partial charge < -0.3 is 13.9 Å². The van der Waals surface area contributed by atoms with E-state index in [-0.39, 0.29) is 26.5 Å². The molecule has 0 fully saturated rings. The third-order valence-electron chi connectivity index (χ3n) is 13.5. The predicted molar refractivity (Wildman–Crippen MR) is 279 cm³/mol. The molecule has 1 aliphatic carbocycles. The van der Waals surface area contributed by atoms with Crippen LogP contribution in [0.4, 0.5) is 0 Å². The first kappa shape index (κ1) is 43.2. The van der Waals surface area contributed by atoms with Gasteiger partial charge in [-0.3, -0.25) is 4.57 Å². The van der Waals surface area contributed by atoms with Crippen LogP contribution in [-0.4, -0.2) is 14.1 Å². The van der Waals surface area contributed by atoms with Gasteiger partial charge in [0, 0.05) is 50.0 Å². The number of para-hydroxylation sites is 3. The Morgan fingerprint density at radius 1 is 0.543 bits per heavy atom. The van der Waals surface area contributed by atoms with E-state index in [9.17, 15) is 0 Å². The average Bonchev–Trinajstić information content (AvgIpc) is 3.91. The maximum atomic E-state index is 6.80. The Morgan fingerprint density at radius 3 is 2.01 bits per heavy atom. The Morgan fingerprint density at radius 2 is 1.20 bits per heavy atom. The van der Waals surface area contributed by atoms with Crippen LogP contribution >= 0.6 is 0 Å². The molecule has 338 valence electrons. The third kappa shape index (κ3) is 7.11. The van der Waals surface area contributed by atoms with Crippen LogP contribution in [0.1, 0.15) is 26.3 Å². The van der Waals surface area contributed by atoms with Gasteiger partial charge in [0.05, 0.1) is 16.7 Å². The summed E-state index contributed by atoms with van der Waals surface area (Å²) in [5, 5.41) is 3.51. The molecule has 70 heavy (non-hydrogen) atoms. The number of hydrogen-bond donors (Lipinski definition) is 0. The summed E-state index contributed by atoms with van der Waals surface area (Å²) in [4.78, 5) is 4.93. The van der Waals surface area contributed by atoms with E-state index in [1.807, 2.05) is 36.5 Å². The zero-order chi connectivity index (χ0) is 46.2. The van der Waals surface area contributed by atoms with Crippen molar-refractivity contribution in [2.24, 2.45) is 0 Å². The van der Waals surface area contributed by atoms with Gasteiger partial charge in [-0.15, -0.1) is 29.7 Å². The first-order valence-electron chi connectivity index (χ1n) is 23.5. The van der Waals surface area contributed by atoms with E-state index in [1.165, 1.54) is 33.0 Å². The molecule has 9 aromatic carbocycles. The summed E-state index contributed by atoms with van der Waals surface area (Å²) in [6.45, 7) is 6.79. The van der Waals surface area contributed by atoms with Crippen molar-refractivity contribution >= 4 is 32.7 Å². The van der Waals surface area contributed by atoms with Crippen molar-refractivity contribution < 1.29 is 30.4 Å². The molecule has 3 heterocycles. The second-order valence-corrected chi connectivity index (χ2v) is 18.7. The molecule has 5 nitrogen and oxygen atoms in total. The number of fused-ring (bicyclic) bond motifs is 8. The smallest absolute Gasteiger partial charge is 0.268 e. The molecule has 0 unspecified atom stereocenters. The third-order valence-corrected chi connectivity index (χ3v) is 13.5. The molecular weight excluding hydrogens is 1040 g/mol. The van der Waals surface area contributed by atoms with E-state index in [0.29, 0.717) is 11.5 Å². The van der Waals surface area contributed by atoms with Gasteiger partial charge in [-0.25, -0.2) is 4.98 Å². The maximum absolute atomic E-state index is 6.80. The minimum absolute atomic E-state index is 0. The van der Waals surface area contributed by atoms with Gasteiger partial charge in [-0.2, -0.15) is 18.2 Å². The Hall–Kier alpha value is -8.11. The van der Waals surface area contributed by atoms with Crippen molar-refractivity contribution in [2.75, 3.05) is 0 Å². The van der Waals surface area contributed by atoms with Crippen LogP contribution in [0.2, 0.25) is 0 Å². The van der Waals surface area contributed by atoms with Crippen LogP contribution in [0, 0.1) is 18.5 Å². The van der Waals surface area contributed by atoms with Gasteiger partial charge in [0.2, 0.25) is 0 Å². The minimum Gasteiger partial charge on any atom is -0.510 e. The Bertz CT molecular complexity index is 3970. The van der Waals surface area contributed by atoms with Crippen molar-refractivity contribution in [3.63, 3.8) is 0 Å². The normalized spacial score (nSPS) is 11.8. The molecule has 0 amide bonds. The zero-order valence-electron chi connectivity index (χ0n) is 38.7. The number of aromatic nitrogens is 4. The number of nitrogens with zero attached hydrogens (tertiary/aromatic N) is 4. The molecule has 3 aromatic heterocycles. The average molecular weight is 1080 g/mol. The second kappa shape index (κ2) is 17.1. The van der Waals surface area contributed by atoms with Gasteiger partial charge in [0.25, 0.3) is 6.33 Å². The van der Waals surface area contributed by atoms with Gasteiger partial charge in [0.15, 0.2) is 0 Å². The number of hydrogen-bond acceptors (Lipinski definition) is 2. The molecule has 0 atom stereocenters. The molecule has 0 bridgehead atoms. The van der Waals surface area contributed by atoms with Crippen LogP contribution < -0.4 is 9.30 Å². The van der Waals surface area contributed by atoms with E-state index < -0.39 is 0 Å². The Balaban J connectivity index is 0.00000505. The molecule has 0 N–H and O–H groups in total. The summed E-state index contributed by atoms with van der Waals surface area (Å²) in [6, 6.07) is 80.2. The van der Waals surface area contributed by atoms with Crippen molar-refractivity contribution in [1.29, 1.82) is 0 Å². The molecule has 0 spiro atoms. The second-order valence-electron chi connectivity index (χ2n) is 18.7. The van der Waals surface area contributed by atoms with Gasteiger partial charge >= 0.3 is 0 Å². The minimum atomic E-state index is -0.00843. The molecule has 1 aliphatic rings. The van der Waals surface area contributed by atoms with E-state index in [4.69, 9.17) is 9.72 Å². The van der Waals surface area contributed by atoms with E-state index >= 15 is 0 Å². The molecule has 0 saturated carbocycles. The topological polar surface area (TPSA) is 35.9 Å². The fourth-order valence-electron chi connectivity index (χ4n) is 10.4. The van der Waals surface area contributed by atoms with Gasteiger partial charge in [0.1, 0.15) is 5.82 Å². The van der Waals surface area contributed by atoms with Crippen molar-refractivity contribution in [3.8, 4) is 84.5 Å². The summed E-state index contributed by atoms with van der Waals surface area (Å²) in [6.07, 6.45) is 5.66. The number of benzene rings is 9. The summed E-state index contributed by atoms with van der Waals surface area (Å²) < 4.78 is 13.4. The summed E-state index contributed by atoms with van der Waals surface area (Å²) in [7, 11) is 0. The number of ether oxygens (including phenoxy) is 1. The van der Waals surface area contributed by atoms with Crippen LogP contribution in [0.3, 0.4) is 0 Å². The molecule has 0 aliphatic heterocycles. The quantitative estimate of drug-likeness (QED) is 0.118. The van der Waals surface area contributed by atoms with Gasteiger partial charge in [-0.1, -0.05) is 190 Å². The van der Waals surface area contributed by atoms with E-state index in [0.717, 1.165) is 78.2 Å². The van der Waals surface area contributed by atoms with Crippen molar-refractivity contribution in [3.05, 3.63) is 236 Å². The first-order valence-corrected chi connectivity index (χ1v) is 23.5. The van der Waals surface area contributed by atoms with Crippen molar-refractivity contribution in [1.82, 2.24) is 14.1 Å². The number of rotatable bonds is 7. The molecule has 12 aromatic rings. The predicted octanol–water partition coefficient (Wildman–Crippen LogP) is 15.5. The SMILES string of the molecule is CC(C)(C)c1cccc(-c2cccc(-c3ccccc3)c2-[n+]2[c-]n(-c3[c-]c(Oc4[c-]c5c(cc4)c4c(n5-c5ccccn5)-c5ccccc5-c5cccc6cccc-4c56)ccc3)c3ccccc32)c1.[Pt]. The summed E-state index contributed by atoms with van der Waals surface area (Å²) in [5.74, 6) is 1.94. The molecule has 0 radical (unpaired) electrons. The summed E-state index contributed by atoms with van der Waals surface area (Å²) in [5.41, 5.74) is 17.5. The standard InChI is InChI=1S/C64H44N4O.Pt/c1-64(2,3)45-23-13-22-44(38-45)50-29-17-28-49(42-18-5-4-6-19-42)62(50)67-41-66(56-32-9-10-33-57(56)67)46-24-16-25-47(39-46)69-48-35-36-54-58(40-48)68(59-34-11-12-37-65-59)63-53-27-8-7-26-51(53)52-30-14-20-43-21-15-31-55(60(43)52)61(54)63;/h4-38H,1-3H3;/q-2;. The van der Waals surface area contributed by atoms with Crippen LogP contribution in [0.25, 0.3) is 106 Å². The maximum Gasteiger partial charge on any atom is 0.268 e. The zero-order valence-corrected chi connectivity index (χ0v) is 41.0. The van der Waals surface area contributed by atoms with Crippen LogP contribution in [0.5, 0.6) is 11.5 Å². The monoisotopic (exact) mass is 1080 g/mol. The van der Waals surface area contributed by atoms with Gasteiger partial charge in [-0.05, 0) is 84.1 Å². The fourth-order valence-corrected chi connectivity index (χ4v) is 10.4. The molecule has 0 saturated heterocycles. The molecular formula is C64H44N4OPt-2. The first-order chi connectivity index (χ1) is 33.9. The Kier molecular flexibility index (Phi) is 10.6.